The molecule has 1 heterocycles. The van der Waals surface area contributed by atoms with Gasteiger partial charge in [0.1, 0.15) is 5.78 Å². The van der Waals surface area contributed by atoms with Crippen LogP contribution in [0.15, 0.2) is 22.8 Å². The molecule has 0 radical (unpaired) electrons. The van der Waals surface area contributed by atoms with E-state index < -0.39 is 0 Å². The van der Waals surface area contributed by atoms with Crippen LogP contribution in [0.4, 0.5) is 0 Å². The molecule has 0 aromatic carbocycles. The van der Waals surface area contributed by atoms with Crippen molar-refractivity contribution >= 4 is 11.6 Å². The molecule has 3 heteroatoms. The van der Waals surface area contributed by atoms with Crippen LogP contribution in [0.1, 0.15) is 85.5 Å². The second-order valence-electron chi connectivity index (χ2n) is 11.6. The fourth-order valence-electron chi connectivity index (χ4n) is 8.16. The van der Waals surface area contributed by atoms with Crippen molar-refractivity contribution in [2.75, 3.05) is 6.61 Å². The van der Waals surface area contributed by atoms with E-state index in [-0.39, 0.29) is 16.9 Å². The quantitative estimate of drug-likeness (QED) is 0.403. The Kier molecular flexibility index (Phi) is 4.93. The van der Waals surface area contributed by atoms with E-state index in [1.54, 1.807) is 0 Å². The number of fused-ring (bicyclic) bond motifs is 5. The van der Waals surface area contributed by atoms with Gasteiger partial charge in [-0.3, -0.25) is 9.59 Å². The minimum absolute atomic E-state index is 0.000939. The third-order valence-electron chi connectivity index (χ3n) is 9.96. The SMILES string of the molecule is C/C(=C1/C(=O)CC2C3CC=C4CC(=O)CCC4(C)C3CCC12C)C1CCC(C)CO1. The number of carbonyl (C=O) groups is 2. The molecule has 0 aromatic rings. The molecule has 0 N–H and O–H groups in total. The van der Waals surface area contributed by atoms with Crippen LogP contribution in [0.2, 0.25) is 0 Å². The number of carbonyl (C=O) groups excluding carboxylic acids is 2. The van der Waals surface area contributed by atoms with Gasteiger partial charge in [0.25, 0.3) is 0 Å². The van der Waals surface area contributed by atoms with Crippen LogP contribution in [-0.2, 0) is 14.3 Å². The van der Waals surface area contributed by atoms with E-state index in [2.05, 4.69) is 33.8 Å². The molecule has 1 saturated heterocycles. The van der Waals surface area contributed by atoms with Crippen LogP contribution in [0, 0.1) is 34.5 Å². The Hall–Kier alpha value is -1.22. The van der Waals surface area contributed by atoms with E-state index in [4.69, 9.17) is 4.74 Å². The highest BCUT2D eigenvalue weighted by molar-refractivity contribution is 6.00. The van der Waals surface area contributed by atoms with Crippen LogP contribution in [-0.4, -0.2) is 24.3 Å². The lowest BCUT2D eigenvalue weighted by atomic mass is 9.48. The molecule has 0 bridgehead atoms. The van der Waals surface area contributed by atoms with E-state index in [9.17, 15) is 9.59 Å². The van der Waals surface area contributed by atoms with Gasteiger partial charge in [-0.2, -0.15) is 0 Å². The van der Waals surface area contributed by atoms with Crippen LogP contribution >= 0.6 is 0 Å². The molecule has 5 aliphatic rings. The van der Waals surface area contributed by atoms with Gasteiger partial charge >= 0.3 is 0 Å². The summed E-state index contributed by atoms with van der Waals surface area (Å²) >= 11 is 0. The third kappa shape index (κ3) is 2.94. The molecule has 1 aliphatic heterocycles. The van der Waals surface area contributed by atoms with Crippen molar-refractivity contribution in [2.24, 2.45) is 34.5 Å². The molecule has 0 amide bonds. The smallest absolute Gasteiger partial charge is 0.159 e. The van der Waals surface area contributed by atoms with E-state index in [1.165, 1.54) is 24.0 Å². The average Bonchev–Trinajstić information content (AvgIpc) is 2.98. The van der Waals surface area contributed by atoms with Crippen molar-refractivity contribution in [2.45, 2.75) is 91.6 Å². The highest BCUT2D eigenvalue weighted by Crippen LogP contribution is 2.65. The second kappa shape index (κ2) is 7.15. The van der Waals surface area contributed by atoms with E-state index in [0.717, 1.165) is 44.3 Å². The van der Waals surface area contributed by atoms with Crippen LogP contribution in [0.25, 0.3) is 0 Å². The van der Waals surface area contributed by atoms with Gasteiger partial charge in [-0.1, -0.05) is 32.4 Å². The Morgan fingerprint density at radius 3 is 2.60 bits per heavy atom. The van der Waals surface area contributed by atoms with Crippen molar-refractivity contribution in [3.63, 3.8) is 0 Å². The first-order chi connectivity index (χ1) is 14.2. The first kappa shape index (κ1) is 20.7. The number of rotatable bonds is 1. The molecule has 7 unspecified atom stereocenters. The summed E-state index contributed by atoms with van der Waals surface area (Å²) in [4.78, 5) is 25.5. The molecule has 164 valence electrons. The van der Waals surface area contributed by atoms with Crippen molar-refractivity contribution in [3.8, 4) is 0 Å². The van der Waals surface area contributed by atoms with Crippen molar-refractivity contribution in [3.05, 3.63) is 22.8 Å². The maximum Gasteiger partial charge on any atom is 0.159 e. The van der Waals surface area contributed by atoms with Crippen LogP contribution in [0.3, 0.4) is 0 Å². The van der Waals surface area contributed by atoms with Crippen molar-refractivity contribution in [1.29, 1.82) is 0 Å². The Balaban J connectivity index is 1.47. The average molecular weight is 411 g/mol. The Labute approximate surface area is 181 Å². The van der Waals surface area contributed by atoms with Gasteiger partial charge in [-0.05, 0) is 85.5 Å². The fraction of sp³-hybridized carbons (Fsp3) is 0.778. The molecule has 4 fully saturated rings. The molecular formula is C27H38O3. The van der Waals surface area contributed by atoms with Gasteiger partial charge in [0.15, 0.2) is 5.78 Å². The molecule has 0 aromatic heterocycles. The van der Waals surface area contributed by atoms with Crippen LogP contribution in [0.5, 0.6) is 0 Å². The number of ketones is 2. The van der Waals surface area contributed by atoms with Gasteiger partial charge in [0.2, 0.25) is 0 Å². The molecule has 30 heavy (non-hydrogen) atoms. The van der Waals surface area contributed by atoms with E-state index in [1.807, 2.05) is 0 Å². The number of hydrogen-bond donors (Lipinski definition) is 0. The fourth-order valence-corrected chi connectivity index (χ4v) is 8.16. The molecule has 3 saturated carbocycles. The maximum atomic E-state index is 13.4. The zero-order valence-corrected chi connectivity index (χ0v) is 19.3. The Morgan fingerprint density at radius 2 is 1.87 bits per heavy atom. The number of hydrogen-bond acceptors (Lipinski definition) is 3. The van der Waals surface area contributed by atoms with Gasteiger partial charge in [-0.15, -0.1) is 0 Å². The summed E-state index contributed by atoms with van der Waals surface area (Å²) in [6.07, 6.45) is 11.2. The maximum absolute atomic E-state index is 13.4. The first-order valence-corrected chi connectivity index (χ1v) is 12.3. The summed E-state index contributed by atoms with van der Waals surface area (Å²) < 4.78 is 6.19. The normalized spacial score (nSPS) is 47.9. The number of Topliss-reactive ketones (excluding diaryl/α,β-unsaturated/α-hetero) is 2. The van der Waals surface area contributed by atoms with Gasteiger partial charge in [-0.25, -0.2) is 0 Å². The lowest BCUT2D eigenvalue weighted by molar-refractivity contribution is -0.122. The summed E-state index contributed by atoms with van der Waals surface area (Å²) in [5, 5.41) is 0. The number of allylic oxidation sites excluding steroid dienone is 3. The zero-order valence-electron chi connectivity index (χ0n) is 19.3. The summed E-state index contributed by atoms with van der Waals surface area (Å²) in [5.41, 5.74) is 3.94. The molecule has 4 aliphatic carbocycles. The highest BCUT2D eigenvalue weighted by atomic mass is 16.5. The second-order valence-corrected chi connectivity index (χ2v) is 11.6. The van der Waals surface area contributed by atoms with Crippen molar-refractivity contribution < 1.29 is 14.3 Å². The van der Waals surface area contributed by atoms with Gasteiger partial charge < -0.3 is 4.74 Å². The van der Waals surface area contributed by atoms with Gasteiger partial charge in [0.05, 0.1) is 6.10 Å². The van der Waals surface area contributed by atoms with E-state index >= 15 is 0 Å². The minimum atomic E-state index is 0.000939. The monoisotopic (exact) mass is 410 g/mol. The lowest BCUT2D eigenvalue weighted by Crippen LogP contribution is -2.49. The molecule has 3 nitrogen and oxygen atoms in total. The first-order valence-electron chi connectivity index (χ1n) is 12.3. The number of ether oxygens (including phenoxy) is 1. The topological polar surface area (TPSA) is 43.4 Å². The Bertz CT molecular complexity index is 827. The Morgan fingerprint density at radius 1 is 1.07 bits per heavy atom. The summed E-state index contributed by atoms with van der Waals surface area (Å²) in [5.74, 6) is 3.08. The van der Waals surface area contributed by atoms with Crippen LogP contribution < -0.4 is 0 Å². The largest absolute Gasteiger partial charge is 0.374 e. The highest BCUT2D eigenvalue weighted by Gasteiger charge is 2.59. The zero-order chi connectivity index (χ0) is 21.3. The van der Waals surface area contributed by atoms with E-state index in [0.29, 0.717) is 48.1 Å². The standard InChI is InChI=1S/C27H38O3/c1-16-5-8-24(30-15-16)17(2)25-23(29)14-22-20-7-6-18-13-19(28)9-11-26(18,3)21(20)10-12-27(22,25)4/h6,16,20-22,24H,5,7-15H2,1-4H3/b25-17+. The molecular weight excluding hydrogens is 372 g/mol. The summed E-state index contributed by atoms with van der Waals surface area (Å²) in [6.45, 7) is 10.1. The lowest BCUT2D eigenvalue weighted by Gasteiger charge is -2.56. The minimum Gasteiger partial charge on any atom is -0.374 e. The predicted molar refractivity (Wildman–Crippen MR) is 118 cm³/mol. The predicted octanol–water partition coefficient (Wildman–Crippen LogP) is 5.83. The van der Waals surface area contributed by atoms with Crippen molar-refractivity contribution in [1.82, 2.24) is 0 Å². The third-order valence-corrected chi connectivity index (χ3v) is 9.96. The summed E-state index contributed by atoms with van der Waals surface area (Å²) in [6, 6.07) is 0. The molecule has 0 spiro atoms. The molecule has 5 rings (SSSR count). The molecule has 7 atom stereocenters. The summed E-state index contributed by atoms with van der Waals surface area (Å²) in [7, 11) is 0. The van der Waals surface area contributed by atoms with Gasteiger partial charge in [0, 0.05) is 31.4 Å².